The van der Waals surface area contributed by atoms with E-state index in [1.807, 2.05) is 13.0 Å². The Hall–Kier alpha value is -0.840. The molecule has 0 aromatic carbocycles. The Kier molecular flexibility index (Phi) is 4.15. The lowest BCUT2D eigenvalue weighted by Crippen LogP contribution is -2.52. The molecule has 0 saturated heterocycles. The number of carbonyl (C=O) groups excluding carboxylic acids is 1. The molecule has 0 aliphatic heterocycles. The van der Waals surface area contributed by atoms with Gasteiger partial charge in [0.2, 0.25) is 0 Å². The summed E-state index contributed by atoms with van der Waals surface area (Å²) in [6.45, 7) is 4.28. The van der Waals surface area contributed by atoms with Crippen LogP contribution < -0.4 is 0 Å². The number of ketones is 1. The van der Waals surface area contributed by atoms with Crippen LogP contribution in [-0.4, -0.2) is 23.2 Å². The molecule has 2 nitrogen and oxygen atoms in total. The van der Waals surface area contributed by atoms with Crippen LogP contribution in [0.1, 0.15) is 65.2 Å². The maximum absolute atomic E-state index is 13.2. The Labute approximate surface area is 153 Å². The van der Waals surface area contributed by atoms with Crippen molar-refractivity contribution in [1.29, 1.82) is 0 Å². The van der Waals surface area contributed by atoms with E-state index in [1.165, 1.54) is 5.57 Å². The fourth-order valence-electron chi connectivity index (χ4n) is 7.35. The van der Waals surface area contributed by atoms with Gasteiger partial charge in [-0.1, -0.05) is 19.4 Å². The van der Waals surface area contributed by atoms with Gasteiger partial charge in [-0.05, 0) is 85.5 Å². The van der Waals surface area contributed by atoms with E-state index in [0.717, 1.165) is 38.5 Å². The molecule has 0 aromatic heterocycles. The summed E-state index contributed by atoms with van der Waals surface area (Å²) in [7, 11) is 0. The summed E-state index contributed by atoms with van der Waals surface area (Å²) in [4.78, 5) is 11.9. The standard InChI is InChI=1S/C21H29F3O2/c1-19-9-7-13(25)11-12(19)3-4-14-15-5-6-17(18(26)21(22,23)24)20(15,2)10-8-16(14)19/h11,14-18,26H,3-10H2,1-2H3/t14-,15-,16-,17+,18?,19-,20-/m0/s1. The molecule has 3 fully saturated rings. The van der Waals surface area contributed by atoms with Gasteiger partial charge < -0.3 is 5.11 Å². The lowest BCUT2D eigenvalue weighted by molar-refractivity contribution is -0.233. The van der Waals surface area contributed by atoms with Gasteiger partial charge in [0.25, 0.3) is 0 Å². The fourth-order valence-corrected chi connectivity index (χ4v) is 7.35. The third-order valence-corrected chi connectivity index (χ3v) is 8.75. The zero-order valence-corrected chi connectivity index (χ0v) is 15.6. The summed E-state index contributed by atoms with van der Waals surface area (Å²) in [5.74, 6) is 0.709. The summed E-state index contributed by atoms with van der Waals surface area (Å²) in [6, 6.07) is 0. The molecule has 0 heterocycles. The first-order chi connectivity index (χ1) is 12.1. The SMILES string of the molecule is C[C@]12CC[C@H]3[C@@H](CCC4=CC(=O)CC[C@@]43C)[C@@H]1CC[C@@H]2C(O)C(F)(F)F. The quantitative estimate of drug-likeness (QED) is 0.701. The number of rotatable bonds is 1. The van der Waals surface area contributed by atoms with Crippen molar-refractivity contribution in [1.82, 2.24) is 0 Å². The normalized spacial score (nSPS) is 46.8. The lowest BCUT2D eigenvalue weighted by atomic mass is 9.46. The molecule has 3 saturated carbocycles. The lowest BCUT2D eigenvalue weighted by Gasteiger charge is -2.58. The Morgan fingerprint density at radius 1 is 1.08 bits per heavy atom. The van der Waals surface area contributed by atoms with E-state index in [2.05, 4.69) is 6.92 Å². The summed E-state index contributed by atoms with van der Waals surface area (Å²) in [5, 5.41) is 9.98. The first-order valence-electron chi connectivity index (χ1n) is 10.1. The van der Waals surface area contributed by atoms with Crippen LogP contribution in [0.25, 0.3) is 0 Å². The van der Waals surface area contributed by atoms with Crippen LogP contribution in [0.15, 0.2) is 11.6 Å². The molecule has 26 heavy (non-hydrogen) atoms. The smallest absolute Gasteiger partial charge is 0.383 e. The number of aliphatic hydroxyl groups excluding tert-OH is 1. The number of hydrogen-bond donors (Lipinski definition) is 1. The third-order valence-electron chi connectivity index (χ3n) is 8.75. The Bertz CT molecular complexity index is 640. The molecule has 4 rings (SSSR count). The van der Waals surface area contributed by atoms with E-state index in [-0.39, 0.29) is 17.1 Å². The molecule has 1 N–H and O–H groups in total. The average molecular weight is 370 g/mol. The predicted molar refractivity (Wildman–Crippen MR) is 92.3 cm³/mol. The molecule has 4 aliphatic carbocycles. The summed E-state index contributed by atoms with van der Waals surface area (Å²) in [5.41, 5.74) is 0.903. The highest BCUT2D eigenvalue weighted by atomic mass is 19.4. The maximum atomic E-state index is 13.2. The number of fused-ring (bicyclic) bond motifs is 5. The minimum absolute atomic E-state index is 0.0406. The van der Waals surface area contributed by atoms with Crippen LogP contribution in [0.5, 0.6) is 0 Å². The maximum Gasteiger partial charge on any atom is 0.414 e. The Morgan fingerprint density at radius 3 is 2.50 bits per heavy atom. The van der Waals surface area contributed by atoms with Gasteiger partial charge in [0, 0.05) is 6.42 Å². The summed E-state index contributed by atoms with van der Waals surface area (Å²) >= 11 is 0. The minimum atomic E-state index is -4.53. The van der Waals surface area contributed by atoms with E-state index in [1.54, 1.807) is 0 Å². The molecule has 0 bridgehead atoms. The number of aliphatic hydroxyl groups is 1. The van der Waals surface area contributed by atoms with Crippen molar-refractivity contribution < 1.29 is 23.1 Å². The molecule has 0 spiro atoms. The zero-order valence-electron chi connectivity index (χ0n) is 15.6. The van der Waals surface area contributed by atoms with Crippen molar-refractivity contribution in [2.45, 2.75) is 77.5 Å². The van der Waals surface area contributed by atoms with Gasteiger partial charge >= 0.3 is 6.18 Å². The first kappa shape index (κ1) is 18.5. The Balaban J connectivity index is 1.62. The molecule has 5 heteroatoms. The topological polar surface area (TPSA) is 37.3 Å². The monoisotopic (exact) mass is 370 g/mol. The van der Waals surface area contributed by atoms with Crippen molar-refractivity contribution >= 4 is 5.78 Å². The molecular weight excluding hydrogens is 341 g/mol. The van der Waals surface area contributed by atoms with Crippen LogP contribution in [0.2, 0.25) is 0 Å². The van der Waals surface area contributed by atoms with E-state index < -0.39 is 23.6 Å². The second-order valence-electron chi connectivity index (χ2n) is 9.68. The van der Waals surface area contributed by atoms with Crippen molar-refractivity contribution in [3.63, 3.8) is 0 Å². The molecule has 0 amide bonds. The highest BCUT2D eigenvalue weighted by Crippen LogP contribution is 2.67. The van der Waals surface area contributed by atoms with Crippen molar-refractivity contribution in [2.24, 2.45) is 34.5 Å². The van der Waals surface area contributed by atoms with Crippen molar-refractivity contribution in [3.05, 3.63) is 11.6 Å². The van der Waals surface area contributed by atoms with Gasteiger partial charge in [-0.15, -0.1) is 0 Å². The third kappa shape index (κ3) is 2.52. The van der Waals surface area contributed by atoms with E-state index in [0.29, 0.717) is 24.7 Å². The Morgan fingerprint density at radius 2 is 1.81 bits per heavy atom. The van der Waals surface area contributed by atoms with Crippen LogP contribution in [-0.2, 0) is 4.79 Å². The van der Waals surface area contributed by atoms with E-state index in [9.17, 15) is 23.1 Å². The minimum Gasteiger partial charge on any atom is -0.383 e. The predicted octanol–water partition coefficient (Wildman–Crippen LogP) is 5.06. The fraction of sp³-hybridized carbons (Fsp3) is 0.857. The van der Waals surface area contributed by atoms with Crippen LogP contribution in [0, 0.1) is 34.5 Å². The molecular formula is C21H29F3O2. The number of carbonyl (C=O) groups is 1. The molecule has 0 radical (unpaired) electrons. The molecule has 1 unspecified atom stereocenters. The van der Waals surface area contributed by atoms with Crippen LogP contribution in [0.3, 0.4) is 0 Å². The van der Waals surface area contributed by atoms with Crippen molar-refractivity contribution in [2.75, 3.05) is 0 Å². The number of hydrogen-bond acceptors (Lipinski definition) is 2. The van der Waals surface area contributed by atoms with Crippen LogP contribution >= 0.6 is 0 Å². The van der Waals surface area contributed by atoms with Gasteiger partial charge in [0.05, 0.1) is 0 Å². The number of halogens is 3. The molecule has 4 aliphatic rings. The van der Waals surface area contributed by atoms with Gasteiger partial charge in [0.1, 0.15) is 0 Å². The van der Waals surface area contributed by atoms with Gasteiger partial charge in [-0.25, -0.2) is 0 Å². The molecule has 0 aromatic rings. The van der Waals surface area contributed by atoms with E-state index >= 15 is 0 Å². The number of alkyl halides is 3. The number of allylic oxidation sites excluding steroid dienone is 1. The highest BCUT2D eigenvalue weighted by Gasteiger charge is 2.62. The largest absolute Gasteiger partial charge is 0.414 e. The summed E-state index contributed by atoms with van der Waals surface area (Å²) in [6.07, 6.45) is 1.45. The van der Waals surface area contributed by atoms with Crippen LogP contribution in [0.4, 0.5) is 13.2 Å². The van der Waals surface area contributed by atoms with Gasteiger partial charge in [0.15, 0.2) is 11.9 Å². The van der Waals surface area contributed by atoms with Gasteiger partial charge in [-0.3, -0.25) is 4.79 Å². The zero-order chi connectivity index (χ0) is 18.9. The summed E-state index contributed by atoms with van der Waals surface area (Å²) < 4.78 is 39.6. The van der Waals surface area contributed by atoms with E-state index in [4.69, 9.17) is 0 Å². The second kappa shape index (κ2) is 5.83. The molecule has 7 atom stereocenters. The highest BCUT2D eigenvalue weighted by molar-refractivity contribution is 5.91. The second-order valence-corrected chi connectivity index (χ2v) is 9.68. The van der Waals surface area contributed by atoms with Gasteiger partial charge in [-0.2, -0.15) is 13.2 Å². The molecule has 146 valence electrons. The average Bonchev–Trinajstić information content (AvgIpc) is 2.91. The van der Waals surface area contributed by atoms with Crippen molar-refractivity contribution in [3.8, 4) is 0 Å². The first-order valence-corrected chi connectivity index (χ1v) is 10.1.